The van der Waals surface area contributed by atoms with E-state index in [-0.39, 0.29) is 11.6 Å². The van der Waals surface area contributed by atoms with Crippen LogP contribution in [-0.2, 0) is 0 Å². The summed E-state index contributed by atoms with van der Waals surface area (Å²) in [5.41, 5.74) is 1.31. The van der Waals surface area contributed by atoms with Crippen molar-refractivity contribution in [2.75, 3.05) is 28.6 Å². The Bertz CT molecular complexity index is 970. The lowest BCUT2D eigenvalue weighted by atomic mass is 10.2. The zero-order valence-corrected chi connectivity index (χ0v) is 16.1. The van der Waals surface area contributed by atoms with E-state index >= 15 is 0 Å². The molecule has 1 aromatic heterocycles. The van der Waals surface area contributed by atoms with E-state index < -0.39 is 23.2 Å². The molecule has 1 amide bonds. The first-order chi connectivity index (χ1) is 14.0. The van der Waals surface area contributed by atoms with E-state index in [9.17, 15) is 13.6 Å². The van der Waals surface area contributed by atoms with Gasteiger partial charge in [-0.3, -0.25) is 4.79 Å². The SMILES string of the molecule is CCN(CC)c1ccc(Nc2nccc(C(=O)Nc3c(F)cccc3F)n2)cc1. The van der Waals surface area contributed by atoms with Crippen LogP contribution in [0.3, 0.4) is 0 Å². The fourth-order valence-corrected chi connectivity index (χ4v) is 2.81. The maximum Gasteiger partial charge on any atom is 0.274 e. The third-order valence-electron chi connectivity index (χ3n) is 4.34. The van der Waals surface area contributed by atoms with E-state index in [0.717, 1.165) is 36.6 Å². The highest BCUT2D eigenvalue weighted by Gasteiger charge is 2.15. The number of aromatic nitrogens is 2. The molecular weight excluding hydrogens is 376 g/mol. The topological polar surface area (TPSA) is 70.2 Å². The first kappa shape index (κ1) is 20.2. The summed E-state index contributed by atoms with van der Waals surface area (Å²) in [6.45, 7) is 6.00. The number of halogens is 2. The maximum atomic E-state index is 13.7. The predicted octanol–water partition coefficient (Wildman–Crippen LogP) is 4.60. The Balaban J connectivity index is 1.73. The van der Waals surface area contributed by atoms with Crippen molar-refractivity contribution in [2.24, 2.45) is 0 Å². The molecular formula is C21H21F2N5O. The van der Waals surface area contributed by atoms with Gasteiger partial charge in [-0.05, 0) is 56.3 Å². The van der Waals surface area contributed by atoms with Gasteiger partial charge in [0, 0.05) is 30.7 Å². The second kappa shape index (κ2) is 9.09. The largest absolute Gasteiger partial charge is 0.372 e. The highest BCUT2D eigenvalue weighted by molar-refractivity contribution is 6.03. The van der Waals surface area contributed by atoms with Crippen LogP contribution in [0.1, 0.15) is 24.3 Å². The lowest BCUT2D eigenvalue weighted by Crippen LogP contribution is -2.21. The van der Waals surface area contributed by atoms with E-state index in [1.54, 1.807) is 0 Å². The zero-order valence-electron chi connectivity index (χ0n) is 16.1. The van der Waals surface area contributed by atoms with Crippen molar-refractivity contribution in [1.29, 1.82) is 0 Å². The van der Waals surface area contributed by atoms with Gasteiger partial charge in [-0.2, -0.15) is 0 Å². The summed E-state index contributed by atoms with van der Waals surface area (Å²) in [4.78, 5) is 22.8. The summed E-state index contributed by atoms with van der Waals surface area (Å²) in [6.07, 6.45) is 1.40. The first-order valence-electron chi connectivity index (χ1n) is 9.22. The molecule has 29 heavy (non-hydrogen) atoms. The third kappa shape index (κ3) is 4.84. The summed E-state index contributed by atoms with van der Waals surface area (Å²) in [5, 5.41) is 5.23. The molecule has 0 radical (unpaired) electrons. The molecule has 0 saturated carbocycles. The standard InChI is InChI=1S/C21H21F2N5O/c1-3-28(4-2)15-10-8-14(9-11-15)25-21-24-13-12-18(26-21)20(29)27-19-16(22)6-5-7-17(19)23/h5-13H,3-4H2,1-2H3,(H,27,29)(H,24,25,26). The average Bonchev–Trinajstić information content (AvgIpc) is 2.73. The Morgan fingerprint density at radius 2 is 1.66 bits per heavy atom. The molecule has 0 unspecified atom stereocenters. The van der Waals surface area contributed by atoms with Gasteiger partial charge in [0.25, 0.3) is 5.91 Å². The Morgan fingerprint density at radius 1 is 1.00 bits per heavy atom. The fraction of sp³-hybridized carbons (Fsp3) is 0.190. The molecule has 0 fully saturated rings. The van der Waals surface area contributed by atoms with Crippen molar-refractivity contribution >= 4 is 28.9 Å². The first-order valence-corrected chi connectivity index (χ1v) is 9.22. The summed E-state index contributed by atoms with van der Waals surface area (Å²) >= 11 is 0. The monoisotopic (exact) mass is 397 g/mol. The number of hydrogen-bond acceptors (Lipinski definition) is 5. The van der Waals surface area contributed by atoms with Crippen molar-refractivity contribution in [2.45, 2.75) is 13.8 Å². The number of carbonyl (C=O) groups is 1. The zero-order chi connectivity index (χ0) is 20.8. The van der Waals surface area contributed by atoms with Gasteiger partial charge in [0.05, 0.1) is 0 Å². The van der Waals surface area contributed by atoms with E-state index in [2.05, 4.69) is 39.3 Å². The Labute approximate surface area is 167 Å². The number of nitrogens with one attached hydrogen (secondary N) is 2. The highest BCUT2D eigenvalue weighted by Crippen LogP contribution is 2.21. The second-order valence-electron chi connectivity index (χ2n) is 6.16. The number of amides is 1. The van der Waals surface area contributed by atoms with Gasteiger partial charge in [-0.1, -0.05) is 6.07 Å². The van der Waals surface area contributed by atoms with E-state index in [1.807, 2.05) is 24.3 Å². The molecule has 0 atom stereocenters. The molecule has 0 bridgehead atoms. The van der Waals surface area contributed by atoms with Gasteiger partial charge in [-0.15, -0.1) is 0 Å². The second-order valence-corrected chi connectivity index (χ2v) is 6.16. The average molecular weight is 397 g/mol. The number of para-hydroxylation sites is 1. The minimum absolute atomic E-state index is 0.0232. The lowest BCUT2D eigenvalue weighted by molar-refractivity contribution is 0.102. The maximum absolute atomic E-state index is 13.7. The van der Waals surface area contributed by atoms with Crippen molar-refractivity contribution in [3.63, 3.8) is 0 Å². The minimum atomic E-state index is -0.862. The molecule has 2 aromatic carbocycles. The molecule has 0 spiro atoms. The van der Waals surface area contributed by atoms with E-state index in [0.29, 0.717) is 0 Å². The van der Waals surface area contributed by atoms with Crippen LogP contribution in [-0.4, -0.2) is 29.0 Å². The predicted molar refractivity (Wildman–Crippen MR) is 110 cm³/mol. The molecule has 1 heterocycles. The summed E-state index contributed by atoms with van der Waals surface area (Å²) in [6, 6.07) is 12.4. The Kier molecular flexibility index (Phi) is 6.33. The van der Waals surface area contributed by atoms with Crippen LogP contribution in [0.5, 0.6) is 0 Å². The van der Waals surface area contributed by atoms with Crippen molar-refractivity contribution in [1.82, 2.24) is 9.97 Å². The van der Waals surface area contributed by atoms with E-state index in [4.69, 9.17) is 0 Å². The quantitative estimate of drug-likeness (QED) is 0.610. The van der Waals surface area contributed by atoms with Crippen LogP contribution in [0, 0.1) is 11.6 Å². The number of benzene rings is 2. The molecule has 8 heteroatoms. The van der Waals surface area contributed by atoms with Crippen LogP contribution < -0.4 is 15.5 Å². The molecule has 6 nitrogen and oxygen atoms in total. The van der Waals surface area contributed by atoms with Crippen LogP contribution in [0.4, 0.5) is 31.8 Å². The normalized spacial score (nSPS) is 10.5. The number of anilines is 4. The number of rotatable bonds is 7. The lowest BCUT2D eigenvalue weighted by Gasteiger charge is -2.21. The number of nitrogens with zero attached hydrogens (tertiary/aromatic N) is 3. The number of carbonyl (C=O) groups excluding carboxylic acids is 1. The molecule has 0 aliphatic heterocycles. The Morgan fingerprint density at radius 3 is 2.28 bits per heavy atom. The van der Waals surface area contributed by atoms with Crippen LogP contribution in [0.2, 0.25) is 0 Å². The summed E-state index contributed by atoms with van der Waals surface area (Å²) < 4.78 is 27.5. The van der Waals surface area contributed by atoms with Crippen molar-refractivity contribution in [3.8, 4) is 0 Å². The molecule has 3 aromatic rings. The summed E-state index contributed by atoms with van der Waals surface area (Å²) in [7, 11) is 0. The molecule has 0 aliphatic rings. The van der Waals surface area contributed by atoms with Gasteiger partial charge in [0.15, 0.2) is 0 Å². The van der Waals surface area contributed by atoms with Crippen LogP contribution >= 0.6 is 0 Å². The smallest absolute Gasteiger partial charge is 0.274 e. The number of hydrogen-bond donors (Lipinski definition) is 2. The van der Waals surface area contributed by atoms with Gasteiger partial charge in [0.2, 0.25) is 5.95 Å². The fourth-order valence-electron chi connectivity index (χ4n) is 2.81. The van der Waals surface area contributed by atoms with Gasteiger partial charge < -0.3 is 15.5 Å². The molecule has 150 valence electrons. The molecule has 3 rings (SSSR count). The molecule has 0 aliphatic carbocycles. The van der Waals surface area contributed by atoms with Crippen LogP contribution in [0.15, 0.2) is 54.7 Å². The molecule has 2 N–H and O–H groups in total. The van der Waals surface area contributed by atoms with E-state index in [1.165, 1.54) is 18.3 Å². The highest BCUT2D eigenvalue weighted by atomic mass is 19.1. The molecule has 0 saturated heterocycles. The van der Waals surface area contributed by atoms with Gasteiger partial charge in [0.1, 0.15) is 23.0 Å². The van der Waals surface area contributed by atoms with Gasteiger partial charge in [-0.25, -0.2) is 18.7 Å². The minimum Gasteiger partial charge on any atom is -0.372 e. The van der Waals surface area contributed by atoms with Crippen molar-refractivity contribution in [3.05, 3.63) is 72.1 Å². The van der Waals surface area contributed by atoms with Gasteiger partial charge >= 0.3 is 0 Å². The Hall–Kier alpha value is -3.55. The summed E-state index contributed by atoms with van der Waals surface area (Å²) in [5.74, 6) is -2.27. The van der Waals surface area contributed by atoms with Crippen molar-refractivity contribution < 1.29 is 13.6 Å². The third-order valence-corrected chi connectivity index (χ3v) is 4.34. The van der Waals surface area contributed by atoms with Crippen LogP contribution in [0.25, 0.3) is 0 Å².